The molecule has 0 bridgehead atoms. The van der Waals surface area contributed by atoms with E-state index in [1.54, 1.807) is 13.0 Å². The zero-order chi connectivity index (χ0) is 32.0. The largest absolute Gasteiger partial charge is 0.685 e. The van der Waals surface area contributed by atoms with Crippen molar-refractivity contribution in [3.05, 3.63) is 105 Å². The summed E-state index contributed by atoms with van der Waals surface area (Å²) < 4.78 is 6.41. The maximum atomic E-state index is 10.8. The predicted octanol–water partition coefficient (Wildman–Crippen LogP) is 11.2. The van der Waals surface area contributed by atoms with Crippen LogP contribution in [0, 0.1) is 33.8 Å². The molecule has 7 rings (SSSR count). The summed E-state index contributed by atoms with van der Waals surface area (Å²) >= 11 is 0. The molecule has 0 saturated heterocycles. The van der Waals surface area contributed by atoms with E-state index < -0.39 is 0 Å². The number of benzene rings is 3. The van der Waals surface area contributed by atoms with Crippen molar-refractivity contribution in [2.75, 3.05) is 0 Å². The topological polar surface area (TPSA) is 57.2 Å². The van der Waals surface area contributed by atoms with Gasteiger partial charge in [0.15, 0.2) is 5.78 Å². The van der Waals surface area contributed by atoms with Crippen LogP contribution in [0.4, 0.5) is 0 Å². The van der Waals surface area contributed by atoms with Gasteiger partial charge in [-0.15, -0.1) is 35.4 Å². The standard InChI is InChI=1S/C30H26NO.C11H19NO.Ir/c1-16-10-11-25-22(13-16)28-29(32-25)21-9-7-8-20(27(21)30(28,5)6)23-15-19(4)26-18(3)12-17(2)14-24(26)31-23;1-9(8-10(2)13)12-11-6-4-3-5-7-11;/h7,9-15H,1-6H3;8,11H,3-7H2,1-2H3,(H,12,13);/q-1;;/p-1. The maximum absolute atomic E-state index is 10.8. The van der Waals surface area contributed by atoms with Crippen LogP contribution in [0.3, 0.4) is 0 Å². The van der Waals surface area contributed by atoms with E-state index in [-0.39, 0.29) is 31.3 Å². The molecule has 2 aliphatic carbocycles. The van der Waals surface area contributed by atoms with Crippen molar-refractivity contribution in [1.29, 1.82) is 0 Å². The quantitative estimate of drug-likeness (QED) is 0.135. The first-order valence-corrected chi connectivity index (χ1v) is 16.3. The molecule has 2 heterocycles. The zero-order valence-corrected chi connectivity index (χ0v) is 30.7. The summed E-state index contributed by atoms with van der Waals surface area (Å²) in [7, 11) is 0. The van der Waals surface area contributed by atoms with Crippen LogP contribution in [0.1, 0.15) is 93.2 Å². The Morgan fingerprint density at radius 1 is 0.935 bits per heavy atom. The molecule has 0 spiro atoms. The van der Waals surface area contributed by atoms with Gasteiger partial charge in [-0.25, -0.2) is 0 Å². The van der Waals surface area contributed by atoms with Crippen LogP contribution in [0.5, 0.6) is 0 Å². The molecule has 1 fully saturated rings. The van der Waals surface area contributed by atoms with Gasteiger partial charge in [0.05, 0.1) is 5.52 Å². The summed E-state index contributed by atoms with van der Waals surface area (Å²) in [6.07, 6.45) is 7.95. The Morgan fingerprint density at radius 3 is 2.37 bits per heavy atom. The number of carbonyl (C=O) groups excluding carboxylic acids is 1. The first-order chi connectivity index (χ1) is 21.4. The van der Waals surface area contributed by atoms with E-state index in [0.29, 0.717) is 6.04 Å². The number of allylic oxidation sites excluding steroid dienone is 2. The number of ketones is 1. The van der Waals surface area contributed by atoms with Crippen molar-refractivity contribution in [3.8, 4) is 22.6 Å². The second-order valence-corrected chi connectivity index (χ2v) is 13.7. The molecule has 1 radical (unpaired) electrons. The minimum atomic E-state index is -0.204. The minimum Gasteiger partial charge on any atom is -0.685 e. The van der Waals surface area contributed by atoms with Crippen LogP contribution in [-0.2, 0) is 30.3 Å². The van der Waals surface area contributed by atoms with Crippen molar-refractivity contribution in [2.45, 2.75) is 99.0 Å². The molecule has 241 valence electrons. The fourth-order valence-electron chi connectivity index (χ4n) is 7.63. The maximum Gasteiger partial charge on any atom is 0.151 e. The third-order valence-corrected chi connectivity index (χ3v) is 9.41. The van der Waals surface area contributed by atoms with Crippen LogP contribution < -0.4 is 0 Å². The van der Waals surface area contributed by atoms with Gasteiger partial charge in [0.2, 0.25) is 0 Å². The number of pyridine rings is 1. The molecule has 4 nitrogen and oxygen atoms in total. The Morgan fingerprint density at radius 2 is 1.65 bits per heavy atom. The molecule has 1 saturated carbocycles. The van der Waals surface area contributed by atoms with E-state index >= 15 is 0 Å². The summed E-state index contributed by atoms with van der Waals surface area (Å²) in [4.78, 5) is 15.9. The molecular formula is C41H44IrN2O2-2. The number of aryl methyl sites for hydroxylation is 4. The summed E-state index contributed by atoms with van der Waals surface area (Å²) in [5, 5.41) is 6.98. The number of carbonyl (C=O) groups is 1. The van der Waals surface area contributed by atoms with Crippen molar-refractivity contribution in [3.63, 3.8) is 0 Å². The Labute approximate surface area is 287 Å². The van der Waals surface area contributed by atoms with Crippen molar-refractivity contribution < 1.29 is 29.3 Å². The Balaban J connectivity index is 0.000000253. The van der Waals surface area contributed by atoms with E-state index in [1.807, 2.05) is 13.0 Å². The molecule has 0 atom stereocenters. The van der Waals surface area contributed by atoms with Gasteiger partial charge in [-0.1, -0.05) is 82.2 Å². The first kappa shape index (κ1) is 33.8. The molecular weight excluding hydrogens is 745 g/mol. The molecule has 0 aliphatic heterocycles. The molecule has 2 aromatic heterocycles. The van der Waals surface area contributed by atoms with E-state index in [9.17, 15) is 4.79 Å². The fraction of sp³-hybridized carbons (Fsp3) is 0.366. The van der Waals surface area contributed by atoms with Gasteiger partial charge in [0.1, 0.15) is 11.3 Å². The van der Waals surface area contributed by atoms with E-state index in [4.69, 9.17) is 9.40 Å². The van der Waals surface area contributed by atoms with E-state index in [1.165, 1.54) is 76.3 Å². The van der Waals surface area contributed by atoms with Crippen LogP contribution in [0.25, 0.3) is 49.8 Å². The molecule has 5 heteroatoms. The second-order valence-electron chi connectivity index (χ2n) is 13.7. The summed E-state index contributed by atoms with van der Waals surface area (Å²) in [5.41, 5.74) is 13.5. The SMILES string of the molecule is CC(=O)/C=C(/C)[N-]C1CCCCC1.Cc1cc(C)c2c(C)cc(-c3[c-]ccc4c3C(C)(C)c3c-4oc4ccc(C)cc34)nc2c1.[Ir]. The summed E-state index contributed by atoms with van der Waals surface area (Å²) in [5.74, 6) is 1.09. The minimum absolute atomic E-state index is 0. The number of fused-ring (bicyclic) bond motifs is 6. The van der Waals surface area contributed by atoms with Crippen molar-refractivity contribution >= 4 is 27.7 Å². The van der Waals surface area contributed by atoms with Gasteiger partial charge in [0.25, 0.3) is 0 Å². The number of hydrogen-bond acceptors (Lipinski definition) is 3. The van der Waals surface area contributed by atoms with E-state index in [2.05, 4.69) is 95.4 Å². The fourth-order valence-corrected chi connectivity index (χ4v) is 7.63. The third-order valence-electron chi connectivity index (χ3n) is 9.41. The second kappa shape index (κ2) is 13.3. The first-order valence-electron chi connectivity index (χ1n) is 16.3. The molecule has 3 aromatic carbocycles. The van der Waals surface area contributed by atoms with Crippen LogP contribution in [-0.4, -0.2) is 16.8 Å². The molecule has 5 aromatic rings. The average molecular weight is 789 g/mol. The molecule has 2 aliphatic rings. The van der Waals surface area contributed by atoms with Gasteiger partial charge in [-0.3, -0.25) is 9.78 Å². The van der Waals surface area contributed by atoms with Crippen molar-refractivity contribution in [2.24, 2.45) is 0 Å². The number of aromatic nitrogens is 1. The predicted molar refractivity (Wildman–Crippen MR) is 187 cm³/mol. The Bertz CT molecular complexity index is 1970. The number of rotatable bonds is 4. The molecule has 0 unspecified atom stereocenters. The Hall–Kier alpha value is -3.53. The van der Waals surface area contributed by atoms with Crippen LogP contribution in [0.15, 0.2) is 64.7 Å². The summed E-state index contributed by atoms with van der Waals surface area (Å²) in [6.45, 7) is 16.7. The van der Waals surface area contributed by atoms with Crippen LogP contribution in [0.2, 0.25) is 0 Å². The van der Waals surface area contributed by atoms with Gasteiger partial charge in [-0.2, -0.15) is 5.70 Å². The number of furan rings is 1. The van der Waals surface area contributed by atoms with Crippen molar-refractivity contribution in [1.82, 2.24) is 4.98 Å². The van der Waals surface area contributed by atoms with Gasteiger partial charge in [-0.05, 0) is 86.7 Å². The number of nitrogens with zero attached hydrogens (tertiary/aromatic N) is 2. The normalized spacial score (nSPS) is 15.5. The van der Waals surface area contributed by atoms with Crippen LogP contribution >= 0.6 is 0 Å². The zero-order valence-electron chi connectivity index (χ0n) is 28.4. The third kappa shape index (κ3) is 6.37. The molecule has 0 amide bonds. The van der Waals surface area contributed by atoms with Gasteiger partial charge in [0, 0.05) is 36.4 Å². The molecule has 46 heavy (non-hydrogen) atoms. The monoisotopic (exact) mass is 789 g/mol. The average Bonchev–Trinajstić information content (AvgIpc) is 3.46. The number of hydrogen-bond donors (Lipinski definition) is 0. The van der Waals surface area contributed by atoms with E-state index in [0.717, 1.165) is 39.4 Å². The van der Waals surface area contributed by atoms with Gasteiger partial charge >= 0.3 is 0 Å². The summed E-state index contributed by atoms with van der Waals surface area (Å²) in [6, 6.07) is 21.3. The molecule has 0 N–H and O–H groups in total. The smallest absolute Gasteiger partial charge is 0.151 e. The van der Waals surface area contributed by atoms with Gasteiger partial charge < -0.3 is 9.73 Å². The Kier molecular flexibility index (Phi) is 9.78.